The van der Waals surface area contributed by atoms with Crippen LogP contribution in [0.3, 0.4) is 0 Å². The molecule has 19 heavy (non-hydrogen) atoms. The van der Waals surface area contributed by atoms with Crippen LogP contribution in [-0.2, 0) is 4.79 Å². The van der Waals surface area contributed by atoms with Gasteiger partial charge in [-0.25, -0.2) is 9.37 Å². The van der Waals surface area contributed by atoms with Gasteiger partial charge in [0.15, 0.2) is 5.13 Å². The van der Waals surface area contributed by atoms with Gasteiger partial charge in [0.25, 0.3) is 0 Å². The van der Waals surface area contributed by atoms with Crippen LogP contribution in [0.25, 0.3) is 0 Å². The molecule has 1 aromatic heterocycles. The number of benzene rings is 1. The van der Waals surface area contributed by atoms with E-state index in [0.29, 0.717) is 9.60 Å². The summed E-state index contributed by atoms with van der Waals surface area (Å²) in [6, 6.07) is 3.38. The highest BCUT2D eigenvalue weighted by Gasteiger charge is 2.18. The number of halogens is 2. The van der Waals surface area contributed by atoms with Gasteiger partial charge in [0.2, 0.25) is 0 Å². The number of anilines is 2. The van der Waals surface area contributed by atoms with Crippen LogP contribution in [0.15, 0.2) is 28.1 Å². The Morgan fingerprint density at radius 3 is 2.95 bits per heavy atom. The summed E-state index contributed by atoms with van der Waals surface area (Å²) in [7, 11) is 0. The predicted octanol–water partition coefficient (Wildman–Crippen LogP) is 2.87. The smallest absolute Gasteiger partial charge is 0.326 e. The maximum Gasteiger partial charge on any atom is 0.326 e. The van der Waals surface area contributed by atoms with Gasteiger partial charge in [-0.1, -0.05) is 15.9 Å². The number of carboxylic acid groups (broad SMARTS) is 1. The van der Waals surface area contributed by atoms with E-state index in [4.69, 9.17) is 10.8 Å². The summed E-state index contributed by atoms with van der Waals surface area (Å²) in [5, 5.41) is 13.4. The first-order valence-corrected chi connectivity index (χ1v) is 6.80. The molecular weight excluding hydrogens is 337 g/mol. The fourth-order valence-corrected chi connectivity index (χ4v) is 2.41. The second-order valence-electron chi connectivity index (χ2n) is 3.64. The van der Waals surface area contributed by atoms with Crippen LogP contribution < -0.4 is 11.1 Å². The van der Waals surface area contributed by atoms with E-state index in [1.807, 2.05) is 0 Å². The lowest BCUT2D eigenvalue weighted by molar-refractivity contribution is -0.138. The lowest BCUT2D eigenvalue weighted by atomic mass is 10.2. The molecule has 0 aliphatic rings. The first kappa shape index (κ1) is 13.9. The summed E-state index contributed by atoms with van der Waals surface area (Å²) in [4.78, 5) is 14.7. The van der Waals surface area contributed by atoms with E-state index >= 15 is 0 Å². The number of rotatable bonds is 4. The quantitative estimate of drug-likeness (QED) is 0.792. The van der Waals surface area contributed by atoms with Gasteiger partial charge in [-0.3, -0.25) is 4.79 Å². The van der Waals surface area contributed by atoms with Gasteiger partial charge in [0.1, 0.15) is 11.9 Å². The Bertz CT molecular complexity index is 620. The van der Waals surface area contributed by atoms with Crippen molar-refractivity contribution < 1.29 is 14.3 Å². The van der Waals surface area contributed by atoms with Gasteiger partial charge in [0, 0.05) is 9.85 Å². The minimum atomic E-state index is -1.18. The SMILES string of the molecule is NC(C(=O)O)c1csc(Nc2ccc(Br)cc2F)n1. The molecule has 0 radical (unpaired) electrons. The van der Waals surface area contributed by atoms with Crippen LogP contribution in [0.4, 0.5) is 15.2 Å². The Hall–Kier alpha value is -1.51. The van der Waals surface area contributed by atoms with Crippen molar-refractivity contribution in [1.82, 2.24) is 4.98 Å². The average Bonchev–Trinajstić information content (AvgIpc) is 2.80. The van der Waals surface area contributed by atoms with Gasteiger partial charge < -0.3 is 16.2 Å². The molecule has 2 aromatic rings. The number of hydrogen-bond donors (Lipinski definition) is 3. The lowest BCUT2D eigenvalue weighted by Gasteiger charge is -2.04. The molecule has 2 rings (SSSR count). The second-order valence-corrected chi connectivity index (χ2v) is 5.42. The molecule has 100 valence electrons. The van der Waals surface area contributed by atoms with Crippen LogP contribution in [0.5, 0.6) is 0 Å². The first-order valence-electron chi connectivity index (χ1n) is 5.13. The predicted molar refractivity (Wildman–Crippen MR) is 74.1 cm³/mol. The summed E-state index contributed by atoms with van der Waals surface area (Å²) in [6.45, 7) is 0. The van der Waals surface area contributed by atoms with Crippen molar-refractivity contribution in [3.63, 3.8) is 0 Å². The molecule has 0 bridgehead atoms. The number of aromatic nitrogens is 1. The molecule has 1 atom stereocenters. The second kappa shape index (κ2) is 5.64. The third-order valence-electron chi connectivity index (χ3n) is 2.28. The third-order valence-corrected chi connectivity index (χ3v) is 3.55. The molecule has 0 saturated heterocycles. The number of hydrogen-bond acceptors (Lipinski definition) is 5. The van der Waals surface area contributed by atoms with Crippen molar-refractivity contribution in [2.45, 2.75) is 6.04 Å². The van der Waals surface area contributed by atoms with E-state index in [1.165, 1.54) is 11.4 Å². The van der Waals surface area contributed by atoms with Crippen molar-refractivity contribution >= 4 is 44.1 Å². The summed E-state index contributed by atoms with van der Waals surface area (Å²) >= 11 is 4.32. The van der Waals surface area contributed by atoms with Gasteiger partial charge in [-0.2, -0.15) is 0 Å². The average molecular weight is 346 g/mol. The number of carbonyl (C=O) groups is 1. The molecule has 0 aliphatic carbocycles. The largest absolute Gasteiger partial charge is 0.480 e. The summed E-state index contributed by atoms with van der Waals surface area (Å²) in [6.07, 6.45) is 0. The molecule has 0 aliphatic heterocycles. The molecule has 0 fully saturated rings. The number of nitrogens with two attached hydrogens (primary N) is 1. The van der Waals surface area contributed by atoms with Gasteiger partial charge in [-0.15, -0.1) is 11.3 Å². The molecule has 5 nitrogen and oxygen atoms in total. The highest BCUT2D eigenvalue weighted by molar-refractivity contribution is 9.10. The molecule has 0 amide bonds. The standard InChI is InChI=1S/C11H9BrFN3O2S/c12-5-1-2-7(6(13)3-5)15-11-16-8(4-19-11)9(14)10(17)18/h1-4,9H,14H2,(H,15,16)(H,17,18). The number of thiazole rings is 1. The lowest BCUT2D eigenvalue weighted by Crippen LogP contribution is -2.20. The zero-order valence-corrected chi connectivity index (χ0v) is 11.8. The Balaban J connectivity index is 2.18. The molecular formula is C11H9BrFN3O2S. The fraction of sp³-hybridized carbons (Fsp3) is 0.0909. The fourth-order valence-electron chi connectivity index (χ4n) is 1.32. The molecule has 0 spiro atoms. The molecule has 1 aromatic carbocycles. The van der Waals surface area contributed by atoms with Crippen molar-refractivity contribution in [2.75, 3.05) is 5.32 Å². The Morgan fingerprint density at radius 1 is 1.58 bits per heavy atom. The van der Waals surface area contributed by atoms with Crippen LogP contribution in [0, 0.1) is 5.82 Å². The Labute approximate surface area is 120 Å². The van der Waals surface area contributed by atoms with Crippen molar-refractivity contribution in [3.8, 4) is 0 Å². The Kier molecular flexibility index (Phi) is 4.13. The summed E-state index contributed by atoms with van der Waals surface area (Å²) in [5.74, 6) is -1.60. The van der Waals surface area contributed by atoms with E-state index in [9.17, 15) is 9.18 Å². The topological polar surface area (TPSA) is 88.2 Å². The molecule has 1 unspecified atom stereocenters. The zero-order valence-electron chi connectivity index (χ0n) is 9.43. The van der Waals surface area contributed by atoms with E-state index < -0.39 is 17.8 Å². The zero-order chi connectivity index (χ0) is 14.0. The van der Waals surface area contributed by atoms with Crippen molar-refractivity contribution in [3.05, 3.63) is 39.6 Å². The van der Waals surface area contributed by atoms with E-state index in [2.05, 4.69) is 26.2 Å². The molecule has 8 heteroatoms. The van der Waals surface area contributed by atoms with E-state index in [0.717, 1.165) is 11.3 Å². The monoisotopic (exact) mass is 345 g/mol. The summed E-state index contributed by atoms with van der Waals surface area (Å²) in [5.41, 5.74) is 5.92. The normalized spacial score (nSPS) is 12.2. The maximum atomic E-state index is 13.6. The molecule has 0 saturated carbocycles. The first-order chi connectivity index (χ1) is 8.97. The summed E-state index contributed by atoms with van der Waals surface area (Å²) < 4.78 is 14.2. The third kappa shape index (κ3) is 3.28. The minimum absolute atomic E-state index is 0.234. The highest BCUT2D eigenvalue weighted by atomic mass is 79.9. The van der Waals surface area contributed by atoms with Crippen LogP contribution in [0.1, 0.15) is 11.7 Å². The van der Waals surface area contributed by atoms with E-state index in [-0.39, 0.29) is 11.4 Å². The van der Waals surface area contributed by atoms with Crippen LogP contribution >= 0.6 is 27.3 Å². The molecule has 1 heterocycles. The van der Waals surface area contributed by atoms with Crippen LogP contribution in [0.2, 0.25) is 0 Å². The number of nitrogens with one attached hydrogen (secondary N) is 1. The van der Waals surface area contributed by atoms with Crippen molar-refractivity contribution in [1.29, 1.82) is 0 Å². The van der Waals surface area contributed by atoms with Gasteiger partial charge in [-0.05, 0) is 18.2 Å². The van der Waals surface area contributed by atoms with Crippen LogP contribution in [-0.4, -0.2) is 16.1 Å². The number of nitrogens with zero attached hydrogens (tertiary/aromatic N) is 1. The molecule has 4 N–H and O–H groups in total. The number of carboxylic acids is 1. The van der Waals surface area contributed by atoms with E-state index in [1.54, 1.807) is 12.1 Å². The number of aliphatic carboxylic acids is 1. The Morgan fingerprint density at radius 2 is 2.32 bits per heavy atom. The van der Waals surface area contributed by atoms with Gasteiger partial charge >= 0.3 is 5.97 Å². The maximum absolute atomic E-state index is 13.6. The minimum Gasteiger partial charge on any atom is -0.480 e. The highest BCUT2D eigenvalue weighted by Crippen LogP contribution is 2.26. The van der Waals surface area contributed by atoms with Crippen molar-refractivity contribution in [2.24, 2.45) is 5.73 Å². The van der Waals surface area contributed by atoms with Gasteiger partial charge in [0.05, 0.1) is 11.4 Å².